The van der Waals surface area contributed by atoms with Crippen molar-refractivity contribution in [2.45, 2.75) is 98.2 Å². The number of benzene rings is 2. The summed E-state index contributed by atoms with van der Waals surface area (Å²) in [6.07, 6.45) is 11.6. The molecule has 2 aromatic rings. The van der Waals surface area contributed by atoms with E-state index >= 15 is 0 Å². The molecule has 4 rings (SSSR count). The molecule has 2 aromatic carbocycles. The fraction of sp³-hybridized carbons (Fsp3) is 0.500. The van der Waals surface area contributed by atoms with E-state index in [0.717, 1.165) is 12.0 Å². The van der Waals surface area contributed by atoms with Gasteiger partial charge in [0.1, 0.15) is 0 Å². The predicted molar refractivity (Wildman–Crippen MR) is 155 cm³/mol. The molecule has 1 saturated carbocycles. The Morgan fingerprint density at radius 1 is 0.686 bits per heavy atom. The molecule has 1 nitrogen and oxygen atoms in total. The van der Waals surface area contributed by atoms with Gasteiger partial charge in [-0.15, -0.1) is 0 Å². The van der Waals surface area contributed by atoms with Crippen LogP contribution >= 0.6 is 0 Å². The van der Waals surface area contributed by atoms with Gasteiger partial charge in [-0.05, 0) is 11.1 Å². The maximum absolute atomic E-state index is 4.34. The first-order valence-corrected chi connectivity index (χ1v) is 21.2. The van der Waals surface area contributed by atoms with E-state index in [-0.39, 0.29) is 0 Å². The molecule has 0 radical (unpaired) electrons. The van der Waals surface area contributed by atoms with Crippen LogP contribution in [0.4, 0.5) is 0 Å². The molecule has 0 aromatic heterocycles. The van der Waals surface area contributed by atoms with Crippen LogP contribution in [0.3, 0.4) is 0 Å². The largest absolute Gasteiger partial charge is 0.0622 e. The van der Waals surface area contributed by atoms with Crippen LogP contribution in [0.2, 0.25) is 13.1 Å². The number of allylic oxidation sites excluding steroid dienone is 4. The molecule has 0 spiro atoms. The summed E-state index contributed by atoms with van der Waals surface area (Å²) >= 11 is -1.27. The van der Waals surface area contributed by atoms with Crippen molar-refractivity contribution < 1.29 is 17.4 Å². The van der Waals surface area contributed by atoms with Gasteiger partial charge < -0.3 is 0 Å². The Bertz CT molecular complexity index is 916. The van der Waals surface area contributed by atoms with E-state index in [1.165, 1.54) is 62.5 Å². The SMILES string of the molecule is CC1=C(C)C(C)[C]([Ti]([NH]C2CCCCCCCC2)[SiH](C)C)=C1C.c1ccc(-c2ccccc2)cc1. The van der Waals surface area contributed by atoms with Gasteiger partial charge in [0.05, 0.1) is 0 Å². The third-order valence-electron chi connectivity index (χ3n) is 8.10. The van der Waals surface area contributed by atoms with Crippen molar-refractivity contribution in [1.82, 2.24) is 3.80 Å². The van der Waals surface area contributed by atoms with E-state index in [1.807, 2.05) is 16.0 Å². The van der Waals surface area contributed by atoms with Crippen LogP contribution in [0.5, 0.6) is 0 Å². The molecule has 0 bridgehead atoms. The molecule has 189 valence electrons. The zero-order valence-corrected chi connectivity index (χ0v) is 25.9. The van der Waals surface area contributed by atoms with Crippen LogP contribution in [0.25, 0.3) is 11.1 Å². The van der Waals surface area contributed by atoms with Crippen molar-refractivity contribution in [3.8, 4) is 11.1 Å². The van der Waals surface area contributed by atoms with Crippen molar-refractivity contribution in [2.75, 3.05) is 0 Å². The van der Waals surface area contributed by atoms with Gasteiger partial charge in [0.2, 0.25) is 0 Å². The fourth-order valence-corrected chi connectivity index (χ4v) is 17.3. The number of nitrogens with one attached hydrogen (secondary N) is 1. The van der Waals surface area contributed by atoms with Crippen molar-refractivity contribution in [1.29, 1.82) is 0 Å². The van der Waals surface area contributed by atoms with Gasteiger partial charge in [0, 0.05) is 0 Å². The summed E-state index contributed by atoms with van der Waals surface area (Å²) in [4.78, 5) is 0. The van der Waals surface area contributed by atoms with E-state index in [2.05, 4.69) is 93.1 Å². The minimum Gasteiger partial charge on any atom is -0.0622 e. The second-order valence-corrected chi connectivity index (χ2v) is 23.6. The number of rotatable bonds is 5. The van der Waals surface area contributed by atoms with E-state index in [1.54, 1.807) is 16.7 Å². The number of hydrogen-bond acceptors (Lipinski definition) is 1. The van der Waals surface area contributed by atoms with Gasteiger partial charge in [-0.25, -0.2) is 0 Å². The van der Waals surface area contributed by atoms with Gasteiger partial charge >= 0.3 is 153 Å². The van der Waals surface area contributed by atoms with E-state index in [0.29, 0.717) is 0 Å². The Balaban J connectivity index is 0.000000237. The predicted octanol–water partition coefficient (Wildman–Crippen LogP) is 9.21. The van der Waals surface area contributed by atoms with Gasteiger partial charge in [0.25, 0.3) is 0 Å². The molecular formula is C32H48NSiTi. The Labute approximate surface area is 223 Å². The van der Waals surface area contributed by atoms with Crippen LogP contribution in [0.1, 0.15) is 79.1 Å². The third-order valence-corrected chi connectivity index (χ3v) is 19.9. The van der Waals surface area contributed by atoms with Crippen molar-refractivity contribution in [3.05, 3.63) is 81.3 Å². The van der Waals surface area contributed by atoms with Crippen LogP contribution < -0.4 is 3.80 Å². The topological polar surface area (TPSA) is 12.0 Å². The Hall–Kier alpha value is -1.19. The summed E-state index contributed by atoms with van der Waals surface area (Å²) in [7, 11) is 0. The maximum atomic E-state index is 4.34. The number of hydrogen-bond donors (Lipinski definition) is 1. The summed E-state index contributed by atoms with van der Waals surface area (Å²) < 4.78 is 6.24. The normalized spacial score (nSPS) is 19.7. The zero-order valence-electron chi connectivity index (χ0n) is 23.2. The summed E-state index contributed by atoms with van der Waals surface area (Å²) in [5.41, 5.74) is 7.47. The average Bonchev–Trinajstić information content (AvgIpc) is 3.16. The standard InChI is InChI=1S/C12H10.C9H18N.C9H13.C2H7Si.Ti/c1-3-7-11(8-4-1)12-9-5-2-6-10-12;10-9-7-5-3-1-2-4-6-8-9;1-6-5-7(2)9(4)8(6)3;1-3-2;/h1-10H;9-10H,1-8H2;6H,1-4H3;3H,1-2H3;/q;-1;;;+1. The van der Waals surface area contributed by atoms with E-state index in [4.69, 9.17) is 0 Å². The van der Waals surface area contributed by atoms with Crippen molar-refractivity contribution in [2.24, 2.45) is 5.92 Å². The minimum atomic E-state index is -1.27. The Kier molecular flexibility index (Phi) is 11.8. The Morgan fingerprint density at radius 3 is 1.54 bits per heavy atom. The summed E-state index contributed by atoms with van der Waals surface area (Å²) in [6.45, 7) is 14.2. The van der Waals surface area contributed by atoms with Gasteiger partial charge in [-0.1, -0.05) is 60.7 Å². The molecule has 2 aliphatic carbocycles. The third kappa shape index (κ3) is 8.15. The molecule has 3 heteroatoms. The second-order valence-electron chi connectivity index (χ2n) is 10.9. The van der Waals surface area contributed by atoms with Gasteiger partial charge in [-0.3, -0.25) is 0 Å². The quantitative estimate of drug-likeness (QED) is 0.386. The molecular weight excluding hydrogens is 474 g/mol. The molecule has 0 aliphatic heterocycles. The fourth-order valence-electron chi connectivity index (χ4n) is 5.61. The average molecular weight is 523 g/mol. The Morgan fingerprint density at radius 2 is 1.14 bits per heavy atom. The first kappa shape index (κ1) is 28.4. The van der Waals surface area contributed by atoms with Crippen LogP contribution in [-0.4, -0.2) is 12.7 Å². The van der Waals surface area contributed by atoms with Crippen LogP contribution in [0, 0.1) is 5.92 Å². The monoisotopic (exact) mass is 522 g/mol. The van der Waals surface area contributed by atoms with Crippen molar-refractivity contribution >= 4 is 6.66 Å². The van der Waals surface area contributed by atoms with Gasteiger partial charge in [0.15, 0.2) is 0 Å². The zero-order chi connectivity index (χ0) is 25.2. The second kappa shape index (κ2) is 14.5. The summed E-state index contributed by atoms with van der Waals surface area (Å²) in [6, 6.07) is 21.6. The summed E-state index contributed by atoms with van der Waals surface area (Å²) in [5.74, 6) is 0.726. The molecule has 0 amide bonds. The van der Waals surface area contributed by atoms with E-state index in [9.17, 15) is 0 Å². The van der Waals surface area contributed by atoms with Crippen molar-refractivity contribution in [3.63, 3.8) is 0 Å². The smallest absolute Gasteiger partial charge is 0.0184 e. The molecule has 0 heterocycles. The molecule has 1 N–H and O–H groups in total. The van der Waals surface area contributed by atoms with Crippen LogP contribution in [-0.2, 0) is 17.4 Å². The summed E-state index contributed by atoms with van der Waals surface area (Å²) in [5, 5.41) is 0. The van der Waals surface area contributed by atoms with Crippen LogP contribution in [0.15, 0.2) is 81.3 Å². The maximum Gasteiger partial charge on any atom is -0.0184 e. The molecule has 1 fully saturated rings. The molecule has 0 saturated heterocycles. The van der Waals surface area contributed by atoms with Gasteiger partial charge in [-0.2, -0.15) is 0 Å². The molecule has 1 atom stereocenters. The first-order chi connectivity index (χ1) is 16.9. The molecule has 1 unspecified atom stereocenters. The van der Waals surface area contributed by atoms with E-state index < -0.39 is 24.0 Å². The first-order valence-electron chi connectivity index (χ1n) is 14.0. The molecule has 2 aliphatic rings. The molecule has 35 heavy (non-hydrogen) atoms. The minimum absolute atomic E-state index is 0.607.